The minimum Gasteiger partial charge on any atom is -0.321 e. The summed E-state index contributed by atoms with van der Waals surface area (Å²) in [5.74, 6) is 0. The topological polar surface area (TPSA) is 48.1 Å². The largest absolute Gasteiger partial charge is 0.321 e. The lowest BCUT2D eigenvalue weighted by Crippen LogP contribution is -2.23. The van der Waals surface area contributed by atoms with E-state index in [1.54, 1.807) is 0 Å². The van der Waals surface area contributed by atoms with Gasteiger partial charge in [-0.2, -0.15) is 0 Å². The molecule has 4 heteroatoms. The molecule has 2 aliphatic heterocycles. The molecule has 0 saturated carbocycles. The standard InChI is InChI=1S/C12H14N4/c1-2-10(12-6-8-14-16-12)4-3-9(1)11-5-7-13-15-11/h1-6,13-16H,7-8H2. The molecule has 0 bridgehead atoms. The highest BCUT2D eigenvalue weighted by Crippen LogP contribution is 2.18. The van der Waals surface area contributed by atoms with Crippen LogP contribution in [0.25, 0.3) is 11.4 Å². The summed E-state index contributed by atoms with van der Waals surface area (Å²) < 4.78 is 0. The summed E-state index contributed by atoms with van der Waals surface area (Å²) in [6.45, 7) is 1.77. The van der Waals surface area contributed by atoms with Crippen LogP contribution in [-0.4, -0.2) is 13.1 Å². The minimum atomic E-state index is 0.883. The Bertz CT molecular complexity index is 402. The molecule has 82 valence electrons. The first-order chi connectivity index (χ1) is 7.93. The number of hydrogen-bond donors (Lipinski definition) is 4. The Morgan fingerprint density at radius 2 is 1.12 bits per heavy atom. The van der Waals surface area contributed by atoms with E-state index in [2.05, 4.69) is 58.1 Å². The van der Waals surface area contributed by atoms with Gasteiger partial charge in [-0.25, -0.2) is 10.9 Å². The van der Waals surface area contributed by atoms with Gasteiger partial charge in [-0.1, -0.05) is 24.3 Å². The van der Waals surface area contributed by atoms with E-state index in [0.717, 1.165) is 24.5 Å². The van der Waals surface area contributed by atoms with E-state index < -0.39 is 0 Å². The average molecular weight is 214 g/mol. The predicted molar refractivity (Wildman–Crippen MR) is 64.7 cm³/mol. The van der Waals surface area contributed by atoms with Gasteiger partial charge in [0.25, 0.3) is 0 Å². The molecular weight excluding hydrogens is 200 g/mol. The molecule has 0 aliphatic carbocycles. The van der Waals surface area contributed by atoms with Crippen LogP contribution in [0.3, 0.4) is 0 Å². The van der Waals surface area contributed by atoms with Gasteiger partial charge in [0.1, 0.15) is 0 Å². The van der Waals surface area contributed by atoms with E-state index in [1.807, 2.05) is 0 Å². The van der Waals surface area contributed by atoms with Gasteiger partial charge in [0.2, 0.25) is 0 Å². The summed E-state index contributed by atoms with van der Waals surface area (Å²) in [4.78, 5) is 0. The molecular formula is C12H14N4. The number of hydrazine groups is 2. The molecule has 4 nitrogen and oxygen atoms in total. The van der Waals surface area contributed by atoms with Crippen molar-refractivity contribution >= 4 is 11.4 Å². The zero-order chi connectivity index (χ0) is 10.8. The Hall–Kier alpha value is -1.78. The van der Waals surface area contributed by atoms with Crippen LogP contribution in [-0.2, 0) is 0 Å². The number of hydrogen-bond acceptors (Lipinski definition) is 4. The van der Waals surface area contributed by atoms with E-state index in [1.165, 1.54) is 11.1 Å². The normalized spacial score (nSPS) is 18.8. The number of nitrogens with one attached hydrogen (secondary N) is 4. The molecule has 0 amide bonds. The third-order valence-electron chi connectivity index (χ3n) is 2.77. The van der Waals surface area contributed by atoms with E-state index in [4.69, 9.17) is 0 Å². The molecule has 1 aromatic carbocycles. The molecule has 1 aromatic rings. The zero-order valence-electron chi connectivity index (χ0n) is 8.88. The quantitative estimate of drug-likeness (QED) is 0.582. The maximum Gasteiger partial charge on any atom is 0.0533 e. The van der Waals surface area contributed by atoms with Crippen LogP contribution < -0.4 is 21.7 Å². The summed E-state index contributed by atoms with van der Waals surface area (Å²) in [5.41, 5.74) is 17.1. The summed E-state index contributed by atoms with van der Waals surface area (Å²) >= 11 is 0. The summed E-state index contributed by atoms with van der Waals surface area (Å²) in [5, 5.41) is 0. The van der Waals surface area contributed by atoms with Crippen molar-refractivity contribution in [3.63, 3.8) is 0 Å². The van der Waals surface area contributed by atoms with Gasteiger partial charge < -0.3 is 10.9 Å². The molecule has 4 N–H and O–H groups in total. The predicted octanol–water partition coefficient (Wildman–Crippen LogP) is 0.584. The van der Waals surface area contributed by atoms with Crippen LogP contribution in [0.2, 0.25) is 0 Å². The van der Waals surface area contributed by atoms with Crippen molar-refractivity contribution in [3.05, 3.63) is 47.5 Å². The van der Waals surface area contributed by atoms with Crippen molar-refractivity contribution in [3.8, 4) is 0 Å². The molecule has 0 unspecified atom stereocenters. The van der Waals surface area contributed by atoms with Crippen molar-refractivity contribution in [2.24, 2.45) is 0 Å². The van der Waals surface area contributed by atoms with Gasteiger partial charge in [-0.05, 0) is 23.3 Å². The molecule has 0 aromatic heterocycles. The molecule has 0 fully saturated rings. The van der Waals surface area contributed by atoms with E-state index in [9.17, 15) is 0 Å². The van der Waals surface area contributed by atoms with Crippen LogP contribution in [0.5, 0.6) is 0 Å². The first-order valence-corrected chi connectivity index (χ1v) is 5.42. The summed E-state index contributed by atoms with van der Waals surface area (Å²) in [6.07, 6.45) is 4.29. The Kier molecular flexibility index (Phi) is 2.36. The summed E-state index contributed by atoms with van der Waals surface area (Å²) in [6, 6.07) is 8.51. The van der Waals surface area contributed by atoms with Crippen LogP contribution in [0.15, 0.2) is 36.4 Å². The van der Waals surface area contributed by atoms with Crippen LogP contribution >= 0.6 is 0 Å². The van der Waals surface area contributed by atoms with Crippen molar-refractivity contribution in [2.45, 2.75) is 0 Å². The highest BCUT2D eigenvalue weighted by atomic mass is 15.4. The first kappa shape index (κ1) is 9.45. The van der Waals surface area contributed by atoms with Crippen molar-refractivity contribution in [1.82, 2.24) is 21.7 Å². The maximum absolute atomic E-state index is 3.13. The SMILES string of the molecule is C1=C(c2ccc(C3=CCNN3)cc2)NNC1. The van der Waals surface area contributed by atoms with Crippen molar-refractivity contribution < 1.29 is 0 Å². The number of benzene rings is 1. The highest BCUT2D eigenvalue weighted by Gasteiger charge is 2.08. The lowest BCUT2D eigenvalue weighted by molar-refractivity contribution is 0.737. The Morgan fingerprint density at radius 3 is 1.44 bits per heavy atom. The molecule has 0 atom stereocenters. The van der Waals surface area contributed by atoms with Crippen LogP contribution in [0.1, 0.15) is 11.1 Å². The molecule has 0 saturated heterocycles. The highest BCUT2D eigenvalue weighted by molar-refractivity contribution is 5.70. The van der Waals surface area contributed by atoms with Crippen LogP contribution in [0, 0.1) is 0 Å². The van der Waals surface area contributed by atoms with Gasteiger partial charge in [0, 0.05) is 13.1 Å². The molecule has 0 radical (unpaired) electrons. The first-order valence-electron chi connectivity index (χ1n) is 5.42. The monoisotopic (exact) mass is 214 g/mol. The third-order valence-corrected chi connectivity index (χ3v) is 2.77. The molecule has 0 spiro atoms. The van der Waals surface area contributed by atoms with Gasteiger partial charge in [-0.15, -0.1) is 0 Å². The molecule has 2 aliphatic rings. The lowest BCUT2D eigenvalue weighted by atomic mass is 10.1. The van der Waals surface area contributed by atoms with Gasteiger partial charge in [-0.3, -0.25) is 0 Å². The van der Waals surface area contributed by atoms with E-state index >= 15 is 0 Å². The average Bonchev–Trinajstić information content (AvgIpc) is 3.03. The molecule has 2 heterocycles. The van der Waals surface area contributed by atoms with E-state index in [0.29, 0.717) is 0 Å². The second-order valence-electron chi connectivity index (χ2n) is 3.82. The smallest absolute Gasteiger partial charge is 0.0533 e. The van der Waals surface area contributed by atoms with Crippen molar-refractivity contribution in [1.29, 1.82) is 0 Å². The van der Waals surface area contributed by atoms with Crippen molar-refractivity contribution in [2.75, 3.05) is 13.1 Å². The molecule has 3 rings (SSSR count). The fraction of sp³-hybridized carbons (Fsp3) is 0.167. The zero-order valence-corrected chi connectivity index (χ0v) is 8.88. The van der Waals surface area contributed by atoms with Crippen LogP contribution in [0.4, 0.5) is 0 Å². The third kappa shape index (κ3) is 1.68. The minimum absolute atomic E-state index is 0.883. The second-order valence-corrected chi connectivity index (χ2v) is 3.82. The Morgan fingerprint density at radius 1 is 0.688 bits per heavy atom. The van der Waals surface area contributed by atoms with Gasteiger partial charge in [0.15, 0.2) is 0 Å². The van der Waals surface area contributed by atoms with Gasteiger partial charge >= 0.3 is 0 Å². The second kappa shape index (κ2) is 4.00. The maximum atomic E-state index is 3.13. The Balaban J connectivity index is 1.84. The summed E-state index contributed by atoms with van der Waals surface area (Å²) in [7, 11) is 0. The number of rotatable bonds is 2. The molecule has 16 heavy (non-hydrogen) atoms. The lowest BCUT2D eigenvalue weighted by Gasteiger charge is -2.07. The fourth-order valence-electron chi connectivity index (χ4n) is 1.91. The fourth-order valence-corrected chi connectivity index (χ4v) is 1.91. The van der Waals surface area contributed by atoms with Gasteiger partial charge in [0.05, 0.1) is 11.4 Å². The Labute approximate surface area is 94.4 Å². The van der Waals surface area contributed by atoms with E-state index in [-0.39, 0.29) is 0 Å².